The first-order valence-electron chi connectivity index (χ1n) is 5.96. The van der Waals surface area contributed by atoms with E-state index in [1.165, 1.54) is 0 Å². The fourth-order valence-electron chi connectivity index (χ4n) is 1.98. The predicted molar refractivity (Wildman–Crippen MR) is 64.4 cm³/mol. The summed E-state index contributed by atoms with van der Waals surface area (Å²) < 4.78 is 0. The molecule has 1 aliphatic carbocycles. The van der Waals surface area contributed by atoms with Crippen LogP contribution in [0, 0.1) is 11.8 Å². The van der Waals surface area contributed by atoms with Crippen molar-refractivity contribution in [2.45, 2.75) is 25.7 Å². The van der Waals surface area contributed by atoms with Gasteiger partial charge in [0.2, 0.25) is 11.8 Å². The molecule has 4 N–H and O–H groups in total. The molecule has 0 heterocycles. The van der Waals surface area contributed by atoms with Crippen LogP contribution < -0.4 is 11.1 Å². The van der Waals surface area contributed by atoms with Crippen LogP contribution in [0.5, 0.6) is 0 Å². The number of nitrogens with two attached hydrogens (primary N) is 1. The number of nitrogens with one attached hydrogen (secondary N) is 1. The normalized spacial score (nSPS) is 22.4. The highest BCUT2D eigenvalue weighted by molar-refractivity contribution is 5.85. The molecule has 1 rings (SSSR count). The van der Waals surface area contributed by atoms with Crippen LogP contribution >= 0.6 is 0 Å². The summed E-state index contributed by atoms with van der Waals surface area (Å²) in [7, 11) is 0. The largest absolute Gasteiger partial charge is 0.481 e. The smallest absolute Gasteiger partial charge is 0.307 e. The SMILES string of the molecule is NC(=O)CCCNC(=O)[C@@H]1CC=CC[C@@H]1C(=O)O. The number of rotatable bonds is 6. The third kappa shape index (κ3) is 4.20. The number of carbonyl (C=O) groups excluding carboxylic acids is 2. The fourth-order valence-corrected chi connectivity index (χ4v) is 1.98. The second-order valence-electron chi connectivity index (χ2n) is 4.35. The molecular weight excluding hydrogens is 236 g/mol. The molecule has 2 amide bonds. The maximum Gasteiger partial charge on any atom is 0.307 e. The molecule has 0 aromatic heterocycles. The van der Waals surface area contributed by atoms with Crippen LogP contribution in [-0.2, 0) is 14.4 Å². The van der Waals surface area contributed by atoms with Crippen molar-refractivity contribution in [2.24, 2.45) is 17.6 Å². The van der Waals surface area contributed by atoms with Gasteiger partial charge in [-0.15, -0.1) is 0 Å². The number of carboxylic acids is 1. The fraction of sp³-hybridized carbons (Fsp3) is 0.583. The van der Waals surface area contributed by atoms with Crippen molar-refractivity contribution in [1.82, 2.24) is 5.32 Å². The molecule has 0 saturated carbocycles. The van der Waals surface area contributed by atoms with E-state index in [2.05, 4.69) is 5.32 Å². The molecule has 0 spiro atoms. The van der Waals surface area contributed by atoms with Crippen molar-refractivity contribution in [3.8, 4) is 0 Å². The Bertz CT molecular complexity index is 365. The van der Waals surface area contributed by atoms with Gasteiger partial charge in [-0.05, 0) is 19.3 Å². The summed E-state index contributed by atoms with van der Waals surface area (Å²) in [4.78, 5) is 33.4. The van der Waals surface area contributed by atoms with Gasteiger partial charge in [0.1, 0.15) is 0 Å². The minimum absolute atomic E-state index is 0.215. The Labute approximate surface area is 105 Å². The number of hydrogen-bond acceptors (Lipinski definition) is 3. The van der Waals surface area contributed by atoms with Crippen LogP contribution in [0.1, 0.15) is 25.7 Å². The number of aliphatic carboxylic acids is 1. The van der Waals surface area contributed by atoms with Gasteiger partial charge in [0.25, 0.3) is 0 Å². The molecule has 0 aromatic carbocycles. The average molecular weight is 254 g/mol. The van der Waals surface area contributed by atoms with E-state index in [4.69, 9.17) is 10.8 Å². The molecule has 0 radical (unpaired) electrons. The molecule has 100 valence electrons. The van der Waals surface area contributed by atoms with Gasteiger partial charge >= 0.3 is 5.97 Å². The van der Waals surface area contributed by atoms with Crippen LogP contribution in [0.25, 0.3) is 0 Å². The van der Waals surface area contributed by atoms with E-state index in [0.717, 1.165) is 0 Å². The molecule has 6 nitrogen and oxygen atoms in total. The van der Waals surface area contributed by atoms with E-state index in [9.17, 15) is 14.4 Å². The summed E-state index contributed by atoms with van der Waals surface area (Å²) in [6.07, 6.45) is 5.13. The monoisotopic (exact) mass is 254 g/mol. The van der Waals surface area contributed by atoms with E-state index < -0.39 is 23.7 Å². The molecular formula is C12H18N2O4. The van der Waals surface area contributed by atoms with Crippen molar-refractivity contribution in [3.63, 3.8) is 0 Å². The van der Waals surface area contributed by atoms with Gasteiger partial charge in [-0.1, -0.05) is 12.2 Å². The molecule has 1 aliphatic rings. The van der Waals surface area contributed by atoms with Gasteiger partial charge in [0.05, 0.1) is 11.8 Å². The van der Waals surface area contributed by atoms with E-state index in [0.29, 0.717) is 25.8 Å². The minimum atomic E-state index is -0.948. The number of carboxylic acid groups (broad SMARTS) is 1. The Morgan fingerprint density at radius 2 is 1.83 bits per heavy atom. The number of amides is 2. The van der Waals surface area contributed by atoms with Crippen molar-refractivity contribution < 1.29 is 19.5 Å². The maximum absolute atomic E-state index is 11.8. The minimum Gasteiger partial charge on any atom is -0.481 e. The standard InChI is InChI=1S/C12H18N2O4/c13-10(15)6-3-7-14-11(16)8-4-1-2-5-9(8)12(17)18/h1-2,8-9H,3-7H2,(H2,13,15)(H,14,16)(H,17,18)/t8-,9+/m1/s1. The van der Waals surface area contributed by atoms with Gasteiger partial charge in [-0.3, -0.25) is 14.4 Å². The van der Waals surface area contributed by atoms with Crippen LogP contribution in [0.15, 0.2) is 12.2 Å². The second kappa shape index (κ2) is 6.78. The zero-order chi connectivity index (χ0) is 13.5. The van der Waals surface area contributed by atoms with Crippen LogP contribution in [0.4, 0.5) is 0 Å². The van der Waals surface area contributed by atoms with Crippen LogP contribution in [0.2, 0.25) is 0 Å². The highest BCUT2D eigenvalue weighted by Gasteiger charge is 2.33. The summed E-state index contributed by atoms with van der Waals surface area (Å²) in [5.41, 5.74) is 4.98. The second-order valence-corrected chi connectivity index (χ2v) is 4.35. The molecule has 0 aliphatic heterocycles. The predicted octanol–water partition coefficient (Wildman–Crippen LogP) is 0.0351. The van der Waals surface area contributed by atoms with Gasteiger partial charge < -0.3 is 16.2 Å². The quantitative estimate of drug-likeness (QED) is 0.459. The zero-order valence-electron chi connectivity index (χ0n) is 10.1. The van der Waals surface area contributed by atoms with Crippen molar-refractivity contribution in [3.05, 3.63) is 12.2 Å². The summed E-state index contributed by atoms with van der Waals surface area (Å²) in [5.74, 6) is -2.81. The van der Waals surface area contributed by atoms with Crippen molar-refractivity contribution in [2.75, 3.05) is 6.54 Å². The number of carbonyl (C=O) groups is 3. The van der Waals surface area contributed by atoms with Crippen LogP contribution in [-0.4, -0.2) is 29.4 Å². The summed E-state index contributed by atoms with van der Waals surface area (Å²) in [6, 6.07) is 0. The Morgan fingerprint density at radius 3 is 2.39 bits per heavy atom. The summed E-state index contributed by atoms with van der Waals surface area (Å²) >= 11 is 0. The highest BCUT2D eigenvalue weighted by atomic mass is 16.4. The van der Waals surface area contributed by atoms with Gasteiger partial charge in [0.15, 0.2) is 0 Å². The third-order valence-electron chi connectivity index (χ3n) is 2.99. The Balaban J connectivity index is 2.42. The maximum atomic E-state index is 11.8. The Hall–Kier alpha value is -1.85. The molecule has 6 heteroatoms. The lowest BCUT2D eigenvalue weighted by Gasteiger charge is -2.24. The summed E-state index contributed by atoms with van der Waals surface area (Å²) in [6.45, 7) is 0.342. The summed E-state index contributed by atoms with van der Waals surface area (Å²) in [5, 5.41) is 11.7. The molecule has 18 heavy (non-hydrogen) atoms. The number of hydrogen-bond donors (Lipinski definition) is 3. The first-order valence-corrected chi connectivity index (χ1v) is 5.96. The number of allylic oxidation sites excluding steroid dienone is 2. The van der Waals surface area contributed by atoms with E-state index >= 15 is 0 Å². The van der Waals surface area contributed by atoms with Crippen LogP contribution in [0.3, 0.4) is 0 Å². The van der Waals surface area contributed by atoms with E-state index in [1.54, 1.807) is 6.08 Å². The number of primary amides is 1. The molecule has 0 bridgehead atoms. The van der Waals surface area contributed by atoms with Gasteiger partial charge in [-0.25, -0.2) is 0 Å². The van der Waals surface area contributed by atoms with Gasteiger partial charge in [0, 0.05) is 13.0 Å². The van der Waals surface area contributed by atoms with E-state index in [-0.39, 0.29) is 12.3 Å². The lowest BCUT2D eigenvalue weighted by Crippen LogP contribution is -2.39. The molecule has 0 saturated heterocycles. The first-order chi connectivity index (χ1) is 8.52. The average Bonchev–Trinajstić information content (AvgIpc) is 2.34. The van der Waals surface area contributed by atoms with E-state index in [1.807, 2.05) is 6.08 Å². The third-order valence-corrected chi connectivity index (χ3v) is 2.99. The topological polar surface area (TPSA) is 109 Å². The zero-order valence-corrected chi connectivity index (χ0v) is 10.1. The highest BCUT2D eigenvalue weighted by Crippen LogP contribution is 2.25. The lowest BCUT2D eigenvalue weighted by atomic mass is 9.82. The molecule has 0 fully saturated rings. The Morgan fingerprint density at radius 1 is 1.22 bits per heavy atom. The molecule has 2 atom stereocenters. The van der Waals surface area contributed by atoms with Crippen molar-refractivity contribution >= 4 is 17.8 Å². The van der Waals surface area contributed by atoms with Gasteiger partial charge in [-0.2, -0.15) is 0 Å². The first kappa shape index (κ1) is 14.2. The lowest BCUT2D eigenvalue weighted by molar-refractivity contribution is -0.147. The van der Waals surface area contributed by atoms with Crippen molar-refractivity contribution in [1.29, 1.82) is 0 Å². The Kier molecular flexibility index (Phi) is 5.35. The molecule has 0 aromatic rings. The molecule has 0 unspecified atom stereocenters.